The van der Waals surface area contributed by atoms with Crippen LogP contribution in [0.25, 0.3) is 0 Å². The van der Waals surface area contributed by atoms with E-state index in [1.54, 1.807) is 24.3 Å². The summed E-state index contributed by atoms with van der Waals surface area (Å²) in [6.45, 7) is 1.95. The van der Waals surface area contributed by atoms with Gasteiger partial charge in [0.15, 0.2) is 0 Å². The third-order valence-electron chi connectivity index (χ3n) is 4.67. The average molecular weight is 420 g/mol. The second-order valence-corrected chi connectivity index (χ2v) is 7.28. The molecule has 3 N–H and O–H groups in total. The number of nitrogens with two attached hydrogens (primary N) is 1. The van der Waals surface area contributed by atoms with E-state index in [-0.39, 0.29) is 35.7 Å². The Bertz CT molecular complexity index is 1050. The number of rotatable bonds is 5. The van der Waals surface area contributed by atoms with Crippen molar-refractivity contribution in [2.24, 2.45) is 5.73 Å². The molecule has 0 saturated heterocycles. The smallest absolute Gasteiger partial charge is 0.258 e. The summed E-state index contributed by atoms with van der Waals surface area (Å²) in [6, 6.07) is 8.65. The summed E-state index contributed by atoms with van der Waals surface area (Å²) < 4.78 is 7.15. The fraction of sp³-hybridized carbons (Fsp3) is 0.300. The molecule has 1 aliphatic rings. The SMILES string of the molecule is CCCc1cc2c(c(=O)n1CCO)C(c1ccc(Cl)cc1Cl)C(C#N)=C(N)O2. The lowest BCUT2D eigenvalue weighted by Crippen LogP contribution is -2.34. The quantitative estimate of drug-likeness (QED) is 0.773. The van der Waals surface area contributed by atoms with Crippen LogP contribution >= 0.6 is 23.2 Å². The Morgan fingerprint density at radius 1 is 1.36 bits per heavy atom. The molecule has 0 aliphatic carbocycles. The maximum absolute atomic E-state index is 13.4. The Kier molecular flexibility index (Phi) is 5.99. The van der Waals surface area contributed by atoms with E-state index >= 15 is 0 Å². The molecule has 1 atom stereocenters. The standard InChI is InChI=1S/C20H19Cl2N3O3/c1-2-3-12-9-16-18(20(27)25(12)6-7-26)17(14(10-23)19(24)28-16)13-5-4-11(21)8-15(13)22/h4-5,8-9,17,26H,2-3,6-7,24H2,1H3. The van der Waals surface area contributed by atoms with Gasteiger partial charge in [-0.15, -0.1) is 0 Å². The number of aromatic nitrogens is 1. The molecule has 0 amide bonds. The first-order valence-corrected chi connectivity index (χ1v) is 9.58. The summed E-state index contributed by atoms with van der Waals surface area (Å²) in [5, 5.41) is 19.9. The normalized spacial score (nSPS) is 15.8. The van der Waals surface area contributed by atoms with Crippen LogP contribution in [0.4, 0.5) is 0 Å². The molecule has 0 fully saturated rings. The van der Waals surface area contributed by atoms with E-state index in [4.69, 9.17) is 33.7 Å². The van der Waals surface area contributed by atoms with Gasteiger partial charge in [0.05, 0.1) is 18.1 Å². The summed E-state index contributed by atoms with van der Waals surface area (Å²) in [7, 11) is 0. The molecule has 1 aromatic carbocycles. The topological polar surface area (TPSA) is 101 Å². The van der Waals surface area contributed by atoms with E-state index in [2.05, 4.69) is 0 Å². The van der Waals surface area contributed by atoms with Crippen LogP contribution in [0.3, 0.4) is 0 Å². The fourth-order valence-corrected chi connectivity index (χ4v) is 3.99. The number of nitriles is 1. The van der Waals surface area contributed by atoms with Gasteiger partial charge in [0, 0.05) is 28.4 Å². The number of nitrogens with zero attached hydrogens (tertiary/aromatic N) is 2. The monoisotopic (exact) mass is 419 g/mol. The second-order valence-electron chi connectivity index (χ2n) is 6.43. The molecular weight excluding hydrogens is 401 g/mol. The molecule has 6 nitrogen and oxygen atoms in total. The van der Waals surface area contributed by atoms with E-state index < -0.39 is 5.92 Å². The van der Waals surface area contributed by atoms with Crippen molar-refractivity contribution < 1.29 is 9.84 Å². The van der Waals surface area contributed by atoms with Crippen molar-refractivity contribution in [3.8, 4) is 11.8 Å². The number of hydrogen-bond acceptors (Lipinski definition) is 5. The van der Waals surface area contributed by atoms with Gasteiger partial charge in [0.1, 0.15) is 17.4 Å². The number of allylic oxidation sites excluding steroid dienone is 1. The number of pyridine rings is 1. The third-order valence-corrected chi connectivity index (χ3v) is 5.23. The Balaban J connectivity index is 2.34. The first kappa shape index (κ1) is 20.3. The molecule has 0 radical (unpaired) electrons. The summed E-state index contributed by atoms with van der Waals surface area (Å²) in [6.07, 6.45) is 1.44. The highest BCUT2D eigenvalue weighted by molar-refractivity contribution is 6.35. The molecule has 1 aromatic heterocycles. The number of ether oxygens (including phenoxy) is 1. The van der Waals surface area contributed by atoms with Crippen LogP contribution in [0.5, 0.6) is 5.75 Å². The number of benzene rings is 1. The number of aryl methyl sites for hydroxylation is 1. The molecule has 3 rings (SSSR count). The Labute approximate surface area is 172 Å². The minimum absolute atomic E-state index is 0.0622. The van der Waals surface area contributed by atoms with Crippen LogP contribution in [0, 0.1) is 11.3 Å². The number of halogens is 2. The highest BCUT2D eigenvalue weighted by Crippen LogP contribution is 2.43. The summed E-state index contributed by atoms with van der Waals surface area (Å²) in [5.41, 5.74) is 7.29. The molecule has 2 heterocycles. The first-order valence-electron chi connectivity index (χ1n) is 8.82. The zero-order valence-electron chi connectivity index (χ0n) is 15.2. The second kappa shape index (κ2) is 8.27. The van der Waals surface area contributed by atoms with Crippen LogP contribution in [0.1, 0.15) is 36.1 Å². The van der Waals surface area contributed by atoms with Crippen molar-refractivity contribution in [1.82, 2.24) is 4.57 Å². The van der Waals surface area contributed by atoms with Crippen molar-refractivity contribution in [2.75, 3.05) is 6.61 Å². The fourth-order valence-electron chi connectivity index (χ4n) is 3.47. The van der Waals surface area contributed by atoms with Crippen molar-refractivity contribution in [3.63, 3.8) is 0 Å². The first-order chi connectivity index (χ1) is 13.4. The van der Waals surface area contributed by atoms with Crippen LogP contribution in [0.2, 0.25) is 10.0 Å². The predicted molar refractivity (Wildman–Crippen MR) is 108 cm³/mol. The molecular formula is C20H19Cl2N3O3. The van der Waals surface area contributed by atoms with E-state index in [9.17, 15) is 15.2 Å². The van der Waals surface area contributed by atoms with Crippen molar-refractivity contribution in [1.29, 1.82) is 5.26 Å². The van der Waals surface area contributed by atoms with Gasteiger partial charge >= 0.3 is 0 Å². The largest absolute Gasteiger partial charge is 0.440 e. The van der Waals surface area contributed by atoms with E-state index in [0.29, 0.717) is 27.8 Å². The summed E-state index contributed by atoms with van der Waals surface area (Å²) in [5.74, 6) is -0.547. The zero-order chi connectivity index (χ0) is 20.4. The van der Waals surface area contributed by atoms with Gasteiger partial charge in [0.2, 0.25) is 5.88 Å². The molecule has 0 bridgehead atoms. The highest BCUT2D eigenvalue weighted by Gasteiger charge is 2.35. The highest BCUT2D eigenvalue weighted by atomic mass is 35.5. The Morgan fingerprint density at radius 3 is 2.71 bits per heavy atom. The van der Waals surface area contributed by atoms with Gasteiger partial charge in [-0.25, -0.2) is 0 Å². The molecule has 1 unspecified atom stereocenters. The van der Waals surface area contributed by atoms with Gasteiger partial charge in [-0.3, -0.25) is 4.79 Å². The van der Waals surface area contributed by atoms with Crippen molar-refractivity contribution in [2.45, 2.75) is 32.2 Å². The summed E-state index contributed by atoms with van der Waals surface area (Å²) >= 11 is 12.4. The minimum Gasteiger partial charge on any atom is -0.440 e. The van der Waals surface area contributed by atoms with Gasteiger partial charge in [-0.2, -0.15) is 5.26 Å². The van der Waals surface area contributed by atoms with Gasteiger partial charge in [-0.05, 0) is 24.1 Å². The van der Waals surface area contributed by atoms with E-state index in [1.807, 2.05) is 13.0 Å². The number of aliphatic hydroxyl groups excluding tert-OH is 1. The maximum atomic E-state index is 13.4. The Hall–Kier alpha value is -2.46. The lowest BCUT2D eigenvalue weighted by molar-refractivity contribution is 0.271. The predicted octanol–water partition coefficient (Wildman–Crippen LogP) is 3.32. The van der Waals surface area contributed by atoms with E-state index in [1.165, 1.54) is 4.57 Å². The van der Waals surface area contributed by atoms with Crippen LogP contribution in [-0.4, -0.2) is 16.3 Å². The third kappa shape index (κ3) is 3.49. The molecule has 0 spiro atoms. The van der Waals surface area contributed by atoms with Crippen molar-refractivity contribution in [3.05, 3.63) is 72.9 Å². The van der Waals surface area contributed by atoms with Gasteiger partial charge in [0.25, 0.3) is 5.56 Å². The maximum Gasteiger partial charge on any atom is 0.258 e. The number of aliphatic hydroxyl groups is 1. The van der Waals surface area contributed by atoms with Gasteiger partial charge < -0.3 is 20.1 Å². The molecule has 28 heavy (non-hydrogen) atoms. The number of fused-ring (bicyclic) bond motifs is 1. The molecule has 0 saturated carbocycles. The lowest BCUT2D eigenvalue weighted by atomic mass is 9.84. The molecule has 8 heteroatoms. The zero-order valence-corrected chi connectivity index (χ0v) is 16.7. The van der Waals surface area contributed by atoms with Crippen LogP contribution in [0.15, 0.2) is 40.5 Å². The summed E-state index contributed by atoms with van der Waals surface area (Å²) in [4.78, 5) is 13.4. The average Bonchev–Trinajstić information content (AvgIpc) is 2.64. The molecule has 1 aliphatic heterocycles. The lowest BCUT2D eigenvalue weighted by Gasteiger charge is -2.28. The minimum atomic E-state index is -0.786. The van der Waals surface area contributed by atoms with Crippen LogP contribution in [-0.2, 0) is 13.0 Å². The van der Waals surface area contributed by atoms with Crippen LogP contribution < -0.4 is 16.0 Å². The van der Waals surface area contributed by atoms with Crippen molar-refractivity contribution >= 4 is 23.2 Å². The molecule has 146 valence electrons. The Morgan fingerprint density at radius 2 is 2.11 bits per heavy atom. The van der Waals surface area contributed by atoms with Gasteiger partial charge in [-0.1, -0.05) is 42.6 Å². The number of hydrogen-bond donors (Lipinski definition) is 2. The molecule has 2 aromatic rings. The van der Waals surface area contributed by atoms with E-state index in [0.717, 1.165) is 12.1 Å².